The first-order chi connectivity index (χ1) is 13.0. The first-order valence-corrected chi connectivity index (χ1v) is 9.59. The van der Waals surface area contributed by atoms with Gasteiger partial charge in [-0.2, -0.15) is 0 Å². The molecule has 0 aromatic carbocycles. The summed E-state index contributed by atoms with van der Waals surface area (Å²) in [5, 5.41) is 23.2. The smallest absolute Gasteiger partial charge is 0.323 e. The van der Waals surface area contributed by atoms with Crippen molar-refractivity contribution in [3.63, 3.8) is 0 Å². The number of methoxy groups -OCH3 is 2. The van der Waals surface area contributed by atoms with E-state index in [9.17, 15) is 15.0 Å². The molecule has 0 saturated carbocycles. The standard InChI is InChI=1S/C17H24N4O5S/c1-25-8-5-11(23)13-15-14(12(26-2)9-18-13)19-16(27-15)20-17(24)21-6-3-10(22)4-7-21/h9-11,22-23H,3-8H2,1-2H3,(H,19,20,24). The molecule has 1 aliphatic rings. The minimum Gasteiger partial charge on any atom is -0.493 e. The fourth-order valence-corrected chi connectivity index (χ4v) is 3.96. The molecule has 1 fully saturated rings. The summed E-state index contributed by atoms with van der Waals surface area (Å²) in [7, 11) is 3.10. The van der Waals surface area contributed by atoms with Gasteiger partial charge in [-0.1, -0.05) is 11.3 Å². The summed E-state index contributed by atoms with van der Waals surface area (Å²) in [6.45, 7) is 1.41. The van der Waals surface area contributed by atoms with E-state index in [4.69, 9.17) is 9.47 Å². The largest absolute Gasteiger partial charge is 0.493 e. The second-order valence-electron chi connectivity index (χ2n) is 6.35. The van der Waals surface area contributed by atoms with E-state index < -0.39 is 6.10 Å². The van der Waals surface area contributed by atoms with Gasteiger partial charge in [-0.15, -0.1) is 0 Å². The summed E-state index contributed by atoms with van der Waals surface area (Å²) in [5.41, 5.74) is 1.04. The molecular formula is C17H24N4O5S. The van der Waals surface area contributed by atoms with E-state index in [0.717, 1.165) is 0 Å². The number of urea groups is 1. The highest BCUT2D eigenvalue weighted by atomic mass is 32.1. The Balaban J connectivity index is 1.83. The molecule has 27 heavy (non-hydrogen) atoms. The lowest BCUT2D eigenvalue weighted by molar-refractivity contribution is 0.0972. The molecule has 148 valence electrons. The number of nitrogens with zero attached hydrogens (tertiary/aromatic N) is 3. The molecule has 2 amide bonds. The summed E-state index contributed by atoms with van der Waals surface area (Å²) < 4.78 is 11.0. The maximum atomic E-state index is 12.5. The Kier molecular flexibility index (Phi) is 6.42. The molecule has 1 unspecified atom stereocenters. The Labute approximate surface area is 160 Å². The Hall–Kier alpha value is -2.01. The summed E-state index contributed by atoms with van der Waals surface area (Å²) in [6.07, 6.45) is 1.92. The molecule has 9 nitrogen and oxygen atoms in total. The molecule has 1 aliphatic heterocycles. The van der Waals surface area contributed by atoms with Crippen LogP contribution < -0.4 is 10.1 Å². The van der Waals surface area contributed by atoms with Gasteiger partial charge in [-0.25, -0.2) is 9.78 Å². The van der Waals surface area contributed by atoms with Gasteiger partial charge < -0.3 is 24.6 Å². The summed E-state index contributed by atoms with van der Waals surface area (Å²) >= 11 is 1.25. The second kappa shape index (κ2) is 8.79. The van der Waals surface area contributed by atoms with Crippen LogP contribution in [-0.4, -0.2) is 71.1 Å². The van der Waals surface area contributed by atoms with Crippen molar-refractivity contribution in [2.24, 2.45) is 0 Å². The number of aromatic nitrogens is 2. The molecular weight excluding hydrogens is 372 g/mol. The van der Waals surface area contributed by atoms with Gasteiger partial charge in [0.1, 0.15) is 5.52 Å². The minimum atomic E-state index is -0.800. The van der Waals surface area contributed by atoms with E-state index in [1.165, 1.54) is 24.6 Å². The van der Waals surface area contributed by atoms with Crippen molar-refractivity contribution in [2.45, 2.75) is 31.5 Å². The van der Waals surface area contributed by atoms with E-state index in [-0.39, 0.29) is 12.1 Å². The average Bonchev–Trinajstić information content (AvgIpc) is 3.09. The maximum absolute atomic E-state index is 12.5. The number of carbonyl (C=O) groups is 1. The molecule has 3 rings (SSSR count). The lowest BCUT2D eigenvalue weighted by Crippen LogP contribution is -2.42. The third-order valence-corrected chi connectivity index (χ3v) is 5.50. The predicted octanol–water partition coefficient (Wildman–Crippen LogP) is 1.76. The van der Waals surface area contributed by atoms with Crippen LogP contribution in [0, 0.1) is 0 Å². The SMILES string of the molecule is COCCC(O)c1ncc(OC)c2nc(NC(=O)N3CCC(O)CC3)sc12. The monoisotopic (exact) mass is 396 g/mol. The van der Waals surface area contributed by atoms with Crippen LogP contribution in [0.1, 0.15) is 31.1 Å². The molecule has 1 atom stereocenters. The molecule has 0 spiro atoms. The Bertz CT molecular complexity index is 791. The first kappa shape index (κ1) is 19.7. The molecule has 3 N–H and O–H groups in total. The lowest BCUT2D eigenvalue weighted by atomic mass is 10.1. The Morgan fingerprint density at radius 1 is 1.44 bits per heavy atom. The topological polar surface area (TPSA) is 117 Å². The van der Waals surface area contributed by atoms with Crippen molar-refractivity contribution in [1.82, 2.24) is 14.9 Å². The highest BCUT2D eigenvalue weighted by molar-refractivity contribution is 7.22. The molecule has 1 saturated heterocycles. The number of ether oxygens (including phenoxy) is 2. The maximum Gasteiger partial charge on any atom is 0.323 e. The number of amides is 2. The van der Waals surface area contributed by atoms with Gasteiger partial charge in [-0.05, 0) is 12.8 Å². The van der Waals surface area contributed by atoms with Gasteiger partial charge in [-0.3, -0.25) is 10.3 Å². The highest BCUT2D eigenvalue weighted by Gasteiger charge is 2.24. The number of fused-ring (bicyclic) bond motifs is 1. The first-order valence-electron chi connectivity index (χ1n) is 8.78. The molecule has 10 heteroatoms. The molecule has 2 aromatic heterocycles. The number of rotatable bonds is 6. The van der Waals surface area contributed by atoms with Gasteiger partial charge in [0.25, 0.3) is 0 Å². The van der Waals surface area contributed by atoms with Crippen LogP contribution in [0.15, 0.2) is 6.20 Å². The number of aliphatic hydroxyl groups is 2. The highest BCUT2D eigenvalue weighted by Crippen LogP contribution is 2.36. The fourth-order valence-electron chi connectivity index (χ4n) is 2.95. The van der Waals surface area contributed by atoms with Crippen molar-refractivity contribution in [3.8, 4) is 5.75 Å². The quantitative estimate of drug-likeness (QED) is 0.681. The van der Waals surface area contributed by atoms with E-state index in [1.54, 1.807) is 12.0 Å². The number of nitrogens with one attached hydrogen (secondary N) is 1. The van der Waals surface area contributed by atoms with Gasteiger partial charge in [0.05, 0.1) is 35.9 Å². The number of pyridine rings is 1. The van der Waals surface area contributed by atoms with E-state index in [1.807, 2.05) is 0 Å². The molecule has 0 bridgehead atoms. The van der Waals surface area contributed by atoms with Gasteiger partial charge in [0, 0.05) is 33.2 Å². The molecule has 0 aliphatic carbocycles. The Morgan fingerprint density at radius 3 is 2.85 bits per heavy atom. The number of likely N-dealkylation sites (tertiary alicyclic amines) is 1. The number of hydrogen-bond donors (Lipinski definition) is 3. The summed E-state index contributed by atoms with van der Waals surface area (Å²) in [4.78, 5) is 22.9. The van der Waals surface area contributed by atoms with Crippen LogP contribution in [0.2, 0.25) is 0 Å². The third-order valence-electron chi connectivity index (χ3n) is 4.51. The molecule has 2 aromatic rings. The fraction of sp³-hybridized carbons (Fsp3) is 0.588. The lowest BCUT2D eigenvalue weighted by Gasteiger charge is -2.29. The van der Waals surface area contributed by atoms with Crippen molar-refractivity contribution >= 4 is 32.7 Å². The van der Waals surface area contributed by atoms with Crippen molar-refractivity contribution in [2.75, 3.05) is 39.2 Å². The minimum absolute atomic E-state index is 0.255. The number of anilines is 1. The summed E-state index contributed by atoms with van der Waals surface area (Å²) in [6, 6.07) is -0.255. The second-order valence-corrected chi connectivity index (χ2v) is 7.35. The zero-order chi connectivity index (χ0) is 19.4. The zero-order valence-electron chi connectivity index (χ0n) is 15.3. The third kappa shape index (κ3) is 4.46. The van der Waals surface area contributed by atoms with Gasteiger partial charge in [0.2, 0.25) is 0 Å². The number of carbonyl (C=O) groups excluding carboxylic acids is 1. The zero-order valence-corrected chi connectivity index (χ0v) is 16.2. The van der Waals surface area contributed by atoms with E-state index >= 15 is 0 Å². The normalized spacial score (nSPS) is 16.5. The van der Waals surface area contributed by atoms with Crippen LogP contribution in [0.25, 0.3) is 10.2 Å². The number of piperidine rings is 1. The average molecular weight is 396 g/mol. The van der Waals surface area contributed by atoms with Gasteiger partial charge >= 0.3 is 6.03 Å². The van der Waals surface area contributed by atoms with Crippen LogP contribution in [0.5, 0.6) is 5.75 Å². The number of thiazole rings is 1. The van der Waals surface area contributed by atoms with Crippen LogP contribution in [0.4, 0.5) is 9.93 Å². The molecule has 0 radical (unpaired) electrons. The van der Waals surface area contributed by atoms with Crippen LogP contribution in [-0.2, 0) is 4.74 Å². The van der Waals surface area contributed by atoms with Crippen LogP contribution >= 0.6 is 11.3 Å². The van der Waals surface area contributed by atoms with Crippen LogP contribution in [0.3, 0.4) is 0 Å². The van der Waals surface area contributed by atoms with E-state index in [0.29, 0.717) is 65.8 Å². The number of aliphatic hydroxyl groups excluding tert-OH is 2. The summed E-state index contributed by atoms with van der Waals surface area (Å²) in [5.74, 6) is 0.477. The molecule has 3 heterocycles. The predicted molar refractivity (Wildman–Crippen MR) is 101 cm³/mol. The van der Waals surface area contributed by atoms with E-state index in [2.05, 4.69) is 15.3 Å². The van der Waals surface area contributed by atoms with Crippen molar-refractivity contribution in [3.05, 3.63) is 11.9 Å². The van der Waals surface area contributed by atoms with Gasteiger partial charge in [0.15, 0.2) is 10.9 Å². The number of hydrogen-bond acceptors (Lipinski definition) is 8. The van der Waals surface area contributed by atoms with Crippen molar-refractivity contribution in [1.29, 1.82) is 0 Å². The van der Waals surface area contributed by atoms with Crippen molar-refractivity contribution < 1.29 is 24.5 Å². The Morgan fingerprint density at radius 2 is 2.19 bits per heavy atom.